The number of carboxylic acid groups (broad SMARTS) is 1. The number of rotatable bonds is 5. The number of phenolic OH excluding ortho intramolecular Hbond substituents is 1. The third kappa shape index (κ3) is 4.09. The first-order valence-electron chi connectivity index (χ1n) is 8.93. The van der Waals surface area contributed by atoms with Crippen molar-refractivity contribution in [2.45, 2.75) is 18.6 Å². The third-order valence-electron chi connectivity index (χ3n) is 4.56. The molecule has 4 N–H and O–H groups in total. The van der Waals surface area contributed by atoms with Crippen LogP contribution in [0.15, 0.2) is 41.2 Å². The van der Waals surface area contributed by atoms with Gasteiger partial charge in [-0.2, -0.15) is 18.2 Å². The summed E-state index contributed by atoms with van der Waals surface area (Å²) in [6, 6.07) is 4.20. The second-order valence-electron chi connectivity index (χ2n) is 6.84. The average Bonchev–Trinajstić information content (AvgIpc) is 3.33. The number of carbonyl (C=O) groups is 1. The topological polar surface area (TPSA) is 140 Å². The molecule has 0 saturated heterocycles. The van der Waals surface area contributed by atoms with Crippen LogP contribution >= 0.6 is 11.6 Å². The highest BCUT2D eigenvalue weighted by Gasteiger charge is 2.32. The molecule has 166 valence electrons. The van der Waals surface area contributed by atoms with E-state index in [-0.39, 0.29) is 45.8 Å². The number of benzene rings is 1. The number of fused-ring (bicyclic) bond motifs is 1. The molecule has 0 aliphatic rings. The number of imidazole rings is 1. The number of phenols is 1. The second-order valence-corrected chi connectivity index (χ2v) is 7.24. The predicted octanol–water partition coefficient (Wildman–Crippen LogP) is 3.90. The molecule has 0 amide bonds. The Kier molecular flexibility index (Phi) is 5.26. The normalized spacial score (nSPS) is 12.9. The predicted molar refractivity (Wildman–Crippen MR) is 105 cm³/mol. The number of alkyl halides is 3. The molecule has 3 heterocycles. The Morgan fingerprint density at radius 3 is 2.66 bits per heavy atom. The van der Waals surface area contributed by atoms with Crippen molar-refractivity contribution in [3.05, 3.63) is 52.8 Å². The minimum absolute atomic E-state index is 0.0185. The summed E-state index contributed by atoms with van der Waals surface area (Å²) < 4.78 is 45.2. The number of aliphatic carboxylic acids is 1. The Hall–Kier alpha value is -3.64. The number of carboxylic acids is 1. The summed E-state index contributed by atoms with van der Waals surface area (Å²) in [6.07, 6.45) is -2.82. The number of hydrogen-bond donors (Lipinski definition) is 3. The fraction of sp³-hybridized carbons (Fsp3) is 0.158. The smallest absolute Gasteiger partial charge is 0.417 e. The molecule has 1 aromatic carbocycles. The Bertz CT molecular complexity index is 1330. The molecule has 0 aliphatic heterocycles. The van der Waals surface area contributed by atoms with E-state index in [1.165, 1.54) is 24.4 Å². The van der Waals surface area contributed by atoms with Crippen molar-refractivity contribution >= 4 is 23.2 Å². The summed E-state index contributed by atoms with van der Waals surface area (Å²) in [5.74, 6) is -1.48. The number of pyridine rings is 1. The van der Waals surface area contributed by atoms with E-state index >= 15 is 0 Å². The zero-order valence-electron chi connectivity index (χ0n) is 15.8. The molecule has 1 unspecified atom stereocenters. The maximum absolute atomic E-state index is 13.0. The van der Waals surface area contributed by atoms with Crippen LogP contribution in [-0.2, 0) is 11.0 Å². The van der Waals surface area contributed by atoms with E-state index in [9.17, 15) is 23.1 Å². The molecule has 0 fully saturated rings. The van der Waals surface area contributed by atoms with Crippen LogP contribution in [0.3, 0.4) is 0 Å². The fourth-order valence-electron chi connectivity index (χ4n) is 3.03. The standard InChI is InChI=1S/C19H13ClF3N5O4/c20-11-4-9(19(21,22)23)6-28-7-13(25-17(11)28)18-26-16(27-32-18)10-2-1-8(3-14(10)29)12(24)5-15(30)31/h1-4,6-7,12,29H,5,24H2,(H,30,31). The molecule has 0 spiro atoms. The monoisotopic (exact) mass is 467 g/mol. The molecular weight excluding hydrogens is 455 g/mol. The highest BCUT2D eigenvalue weighted by atomic mass is 35.5. The minimum Gasteiger partial charge on any atom is -0.507 e. The van der Waals surface area contributed by atoms with Gasteiger partial charge in [0.15, 0.2) is 5.65 Å². The quantitative estimate of drug-likeness (QED) is 0.401. The molecule has 0 radical (unpaired) electrons. The van der Waals surface area contributed by atoms with Crippen LogP contribution in [0, 0.1) is 0 Å². The van der Waals surface area contributed by atoms with Gasteiger partial charge in [-0.3, -0.25) is 4.79 Å². The zero-order chi connectivity index (χ0) is 23.2. The Balaban J connectivity index is 1.66. The van der Waals surface area contributed by atoms with Crippen LogP contribution in [0.1, 0.15) is 23.6 Å². The summed E-state index contributed by atoms with van der Waals surface area (Å²) in [6.45, 7) is 0. The largest absolute Gasteiger partial charge is 0.507 e. The molecule has 3 aromatic heterocycles. The summed E-state index contributed by atoms with van der Waals surface area (Å²) in [5.41, 5.74) is 5.55. The van der Waals surface area contributed by atoms with Crippen LogP contribution in [0.2, 0.25) is 5.02 Å². The number of nitrogens with two attached hydrogens (primary N) is 1. The van der Waals surface area contributed by atoms with Gasteiger partial charge in [-0.15, -0.1) is 0 Å². The van der Waals surface area contributed by atoms with E-state index < -0.39 is 23.8 Å². The molecule has 1 atom stereocenters. The first kappa shape index (κ1) is 21.6. The Labute approximate surface area is 181 Å². The van der Waals surface area contributed by atoms with Gasteiger partial charge in [0.25, 0.3) is 5.89 Å². The lowest BCUT2D eigenvalue weighted by molar-refractivity contribution is -0.138. The minimum atomic E-state index is -4.59. The zero-order valence-corrected chi connectivity index (χ0v) is 16.6. The van der Waals surface area contributed by atoms with Crippen molar-refractivity contribution in [1.82, 2.24) is 19.5 Å². The van der Waals surface area contributed by atoms with Gasteiger partial charge in [0.2, 0.25) is 5.82 Å². The van der Waals surface area contributed by atoms with Crippen LogP contribution in [0.25, 0.3) is 28.6 Å². The van der Waals surface area contributed by atoms with Gasteiger partial charge in [-0.1, -0.05) is 22.8 Å². The van der Waals surface area contributed by atoms with E-state index in [1.54, 1.807) is 0 Å². The summed E-state index contributed by atoms with van der Waals surface area (Å²) in [5, 5.41) is 22.7. The number of aromatic hydroxyl groups is 1. The fourth-order valence-corrected chi connectivity index (χ4v) is 3.28. The van der Waals surface area contributed by atoms with E-state index in [2.05, 4.69) is 15.1 Å². The van der Waals surface area contributed by atoms with Crippen LogP contribution in [0.4, 0.5) is 13.2 Å². The summed E-state index contributed by atoms with van der Waals surface area (Å²) in [7, 11) is 0. The Morgan fingerprint density at radius 1 is 1.25 bits per heavy atom. The van der Waals surface area contributed by atoms with Gasteiger partial charge in [-0.25, -0.2) is 4.98 Å². The lowest BCUT2D eigenvalue weighted by Gasteiger charge is -2.10. The maximum Gasteiger partial charge on any atom is 0.417 e. The lowest BCUT2D eigenvalue weighted by atomic mass is 10.0. The first-order chi connectivity index (χ1) is 15.0. The van der Waals surface area contributed by atoms with Crippen molar-refractivity contribution in [2.75, 3.05) is 0 Å². The van der Waals surface area contributed by atoms with Gasteiger partial charge in [-0.05, 0) is 23.8 Å². The van der Waals surface area contributed by atoms with Gasteiger partial charge in [0.1, 0.15) is 11.4 Å². The highest BCUT2D eigenvalue weighted by Crippen LogP contribution is 2.34. The van der Waals surface area contributed by atoms with Crippen LogP contribution in [-0.4, -0.2) is 35.7 Å². The van der Waals surface area contributed by atoms with Gasteiger partial charge in [0, 0.05) is 18.4 Å². The van der Waals surface area contributed by atoms with E-state index in [1.807, 2.05) is 0 Å². The molecule has 4 rings (SSSR count). The first-order valence-corrected chi connectivity index (χ1v) is 9.31. The molecule has 0 saturated carbocycles. The molecule has 4 aromatic rings. The van der Waals surface area contributed by atoms with Gasteiger partial charge in [0.05, 0.1) is 22.6 Å². The van der Waals surface area contributed by atoms with E-state index in [0.717, 1.165) is 16.7 Å². The molecule has 9 nitrogen and oxygen atoms in total. The summed E-state index contributed by atoms with van der Waals surface area (Å²) >= 11 is 5.93. The second kappa shape index (κ2) is 7.80. The van der Waals surface area contributed by atoms with E-state index in [4.69, 9.17) is 27.0 Å². The SMILES string of the molecule is NC(CC(=O)O)c1ccc(-c2noc(-c3cn4cc(C(F)(F)F)cc(Cl)c4n3)n2)c(O)c1. The molecule has 0 bridgehead atoms. The van der Waals surface area contributed by atoms with Crippen LogP contribution in [0.5, 0.6) is 5.75 Å². The number of nitrogens with zero attached hydrogens (tertiary/aromatic N) is 4. The van der Waals surface area contributed by atoms with Gasteiger partial charge < -0.3 is 24.9 Å². The number of hydrogen-bond acceptors (Lipinski definition) is 7. The van der Waals surface area contributed by atoms with E-state index in [0.29, 0.717) is 5.56 Å². The number of halogens is 4. The van der Waals surface area contributed by atoms with Gasteiger partial charge >= 0.3 is 12.1 Å². The van der Waals surface area contributed by atoms with Crippen molar-refractivity contribution in [3.63, 3.8) is 0 Å². The number of aromatic nitrogens is 4. The third-order valence-corrected chi connectivity index (χ3v) is 4.84. The molecule has 32 heavy (non-hydrogen) atoms. The lowest BCUT2D eigenvalue weighted by Crippen LogP contribution is -2.14. The van der Waals surface area contributed by atoms with Crippen molar-refractivity contribution in [2.24, 2.45) is 5.73 Å². The van der Waals surface area contributed by atoms with Crippen molar-refractivity contribution in [1.29, 1.82) is 0 Å². The molecule has 0 aliphatic carbocycles. The molecular formula is C19H13ClF3N5O4. The molecule has 13 heteroatoms. The summed E-state index contributed by atoms with van der Waals surface area (Å²) in [4.78, 5) is 19.1. The Morgan fingerprint density at radius 2 is 2.00 bits per heavy atom. The average molecular weight is 468 g/mol. The van der Waals surface area contributed by atoms with Crippen molar-refractivity contribution in [3.8, 4) is 28.7 Å². The highest BCUT2D eigenvalue weighted by molar-refractivity contribution is 6.33. The maximum atomic E-state index is 13.0. The van der Waals surface area contributed by atoms with Crippen LogP contribution < -0.4 is 5.73 Å². The van der Waals surface area contributed by atoms with Crippen molar-refractivity contribution < 1.29 is 32.7 Å².